The lowest BCUT2D eigenvalue weighted by atomic mass is 9.77. The van der Waals surface area contributed by atoms with Gasteiger partial charge in [0.2, 0.25) is 0 Å². The molecule has 2 N–H and O–H groups in total. The van der Waals surface area contributed by atoms with Crippen molar-refractivity contribution in [3.8, 4) is 0 Å². The zero-order chi connectivity index (χ0) is 14.5. The van der Waals surface area contributed by atoms with Gasteiger partial charge < -0.3 is 10.2 Å². The van der Waals surface area contributed by atoms with E-state index in [1.165, 1.54) is 0 Å². The van der Waals surface area contributed by atoms with Crippen LogP contribution in [0.5, 0.6) is 0 Å². The van der Waals surface area contributed by atoms with Crippen molar-refractivity contribution in [2.75, 3.05) is 0 Å². The van der Waals surface area contributed by atoms with Gasteiger partial charge in [-0.15, -0.1) is 0 Å². The molecule has 0 saturated heterocycles. The van der Waals surface area contributed by atoms with E-state index in [4.69, 9.17) is 0 Å². The number of nitrogens with zero attached hydrogens (tertiary/aromatic N) is 1. The van der Waals surface area contributed by atoms with E-state index >= 15 is 0 Å². The van der Waals surface area contributed by atoms with Crippen LogP contribution in [0.3, 0.4) is 0 Å². The van der Waals surface area contributed by atoms with Crippen molar-refractivity contribution in [3.05, 3.63) is 10.1 Å². The summed E-state index contributed by atoms with van der Waals surface area (Å²) in [4.78, 5) is 10.9. The van der Waals surface area contributed by atoms with Crippen LogP contribution in [0.25, 0.3) is 0 Å². The molecule has 2 unspecified atom stereocenters. The molecule has 5 nitrogen and oxygen atoms in total. The molecular formula is C15H27NO4. The Kier molecular flexibility index (Phi) is 5.78. The van der Waals surface area contributed by atoms with Crippen molar-refractivity contribution in [3.63, 3.8) is 0 Å². The van der Waals surface area contributed by atoms with Crippen molar-refractivity contribution in [1.29, 1.82) is 0 Å². The first-order valence-corrected chi connectivity index (χ1v) is 8.11. The third kappa shape index (κ3) is 3.70. The van der Waals surface area contributed by atoms with Gasteiger partial charge in [0.15, 0.2) is 0 Å². The van der Waals surface area contributed by atoms with Gasteiger partial charge in [-0.1, -0.05) is 38.5 Å². The summed E-state index contributed by atoms with van der Waals surface area (Å²) in [6.07, 6.45) is 7.84. The minimum atomic E-state index is -1.21. The normalized spacial score (nSPS) is 26.9. The zero-order valence-corrected chi connectivity index (χ0v) is 12.1. The molecule has 2 fully saturated rings. The summed E-state index contributed by atoms with van der Waals surface area (Å²) >= 11 is 0. The van der Waals surface area contributed by atoms with Gasteiger partial charge in [0.25, 0.3) is 6.04 Å². The van der Waals surface area contributed by atoms with Gasteiger partial charge in [-0.05, 0) is 37.5 Å². The van der Waals surface area contributed by atoms with E-state index in [2.05, 4.69) is 0 Å². The molecule has 0 bridgehead atoms. The molecule has 0 aromatic rings. The van der Waals surface area contributed by atoms with Crippen molar-refractivity contribution in [2.45, 2.75) is 82.5 Å². The first kappa shape index (κ1) is 15.7. The summed E-state index contributed by atoms with van der Waals surface area (Å²) in [5.74, 6) is -0.0326. The second-order valence-corrected chi connectivity index (χ2v) is 6.55. The predicted octanol–water partition coefficient (Wildman–Crippen LogP) is 2.51. The highest BCUT2D eigenvalue weighted by Crippen LogP contribution is 2.33. The molecule has 2 aliphatic carbocycles. The van der Waals surface area contributed by atoms with E-state index in [1.54, 1.807) is 0 Å². The lowest BCUT2D eigenvalue weighted by Gasteiger charge is -2.33. The number of rotatable bonds is 5. The Balaban J connectivity index is 2.02. The fourth-order valence-corrected chi connectivity index (χ4v) is 3.96. The molecule has 20 heavy (non-hydrogen) atoms. The lowest BCUT2D eigenvalue weighted by molar-refractivity contribution is -0.551. The van der Waals surface area contributed by atoms with Gasteiger partial charge in [0.1, 0.15) is 12.2 Å². The minimum absolute atomic E-state index is 0.0163. The van der Waals surface area contributed by atoms with Crippen molar-refractivity contribution >= 4 is 0 Å². The van der Waals surface area contributed by atoms with Crippen LogP contribution in [0.4, 0.5) is 0 Å². The molecule has 0 aromatic carbocycles. The van der Waals surface area contributed by atoms with Crippen LogP contribution in [-0.2, 0) is 0 Å². The Hall–Kier alpha value is -0.680. The van der Waals surface area contributed by atoms with Gasteiger partial charge in [0.05, 0.1) is 0 Å². The molecular weight excluding hydrogens is 258 g/mol. The molecule has 0 spiro atoms. The molecule has 2 atom stereocenters. The standard InChI is InChI=1S/C15H27NO4/c17-14(11-7-3-1-4-8-11)13(16(19)20)15(18)12-9-5-2-6-10-12/h11-15,17-18H,1-10H2. The third-order valence-corrected chi connectivity index (χ3v) is 5.21. The molecule has 0 aliphatic heterocycles. The molecule has 0 aromatic heterocycles. The molecule has 2 rings (SSSR count). The second kappa shape index (κ2) is 7.36. The van der Waals surface area contributed by atoms with E-state index in [0.29, 0.717) is 0 Å². The zero-order valence-electron chi connectivity index (χ0n) is 12.1. The Labute approximate surface area is 120 Å². The topological polar surface area (TPSA) is 83.6 Å². The second-order valence-electron chi connectivity index (χ2n) is 6.55. The van der Waals surface area contributed by atoms with E-state index in [1.807, 2.05) is 0 Å². The number of aliphatic hydroxyl groups excluding tert-OH is 2. The van der Waals surface area contributed by atoms with Gasteiger partial charge >= 0.3 is 0 Å². The molecule has 0 radical (unpaired) electrons. The van der Waals surface area contributed by atoms with E-state index in [0.717, 1.165) is 64.2 Å². The van der Waals surface area contributed by atoms with Crippen LogP contribution in [0.15, 0.2) is 0 Å². The number of hydrogen-bond donors (Lipinski definition) is 2. The number of nitro groups is 1. The molecule has 0 heterocycles. The SMILES string of the molecule is O=[N+]([O-])C(C(O)C1CCCCC1)C(O)C1CCCCC1. The van der Waals surface area contributed by atoms with Gasteiger partial charge in [-0.25, -0.2) is 0 Å². The minimum Gasteiger partial charge on any atom is -0.386 e. The fourth-order valence-electron chi connectivity index (χ4n) is 3.96. The van der Waals surface area contributed by atoms with Crippen LogP contribution in [0.1, 0.15) is 64.2 Å². The van der Waals surface area contributed by atoms with Crippen LogP contribution >= 0.6 is 0 Å². The van der Waals surface area contributed by atoms with Crippen LogP contribution in [0.2, 0.25) is 0 Å². The first-order chi connectivity index (χ1) is 9.61. The van der Waals surface area contributed by atoms with Crippen molar-refractivity contribution < 1.29 is 15.1 Å². The third-order valence-electron chi connectivity index (χ3n) is 5.21. The monoisotopic (exact) mass is 285 g/mol. The van der Waals surface area contributed by atoms with E-state index < -0.39 is 23.2 Å². The summed E-state index contributed by atoms with van der Waals surface area (Å²) in [5.41, 5.74) is 0. The highest BCUT2D eigenvalue weighted by molar-refractivity contribution is 4.87. The molecule has 2 aliphatic rings. The van der Waals surface area contributed by atoms with Gasteiger partial charge in [-0.3, -0.25) is 10.1 Å². The highest BCUT2D eigenvalue weighted by atomic mass is 16.6. The highest BCUT2D eigenvalue weighted by Gasteiger charge is 2.44. The van der Waals surface area contributed by atoms with Gasteiger partial charge in [-0.2, -0.15) is 0 Å². The van der Waals surface area contributed by atoms with Crippen molar-refractivity contribution in [2.24, 2.45) is 11.8 Å². The smallest absolute Gasteiger partial charge is 0.264 e. The first-order valence-electron chi connectivity index (χ1n) is 8.11. The summed E-state index contributed by atoms with van der Waals surface area (Å²) < 4.78 is 0. The Morgan fingerprint density at radius 3 is 1.45 bits per heavy atom. The predicted molar refractivity (Wildman–Crippen MR) is 75.9 cm³/mol. The van der Waals surface area contributed by atoms with Crippen LogP contribution in [-0.4, -0.2) is 33.4 Å². The Bertz CT molecular complexity index is 287. The maximum atomic E-state index is 11.4. The number of hydrogen-bond acceptors (Lipinski definition) is 4. The summed E-state index contributed by atoms with van der Waals surface area (Å²) in [5, 5.41) is 32.2. The average molecular weight is 285 g/mol. The van der Waals surface area contributed by atoms with Gasteiger partial charge in [0, 0.05) is 4.92 Å². The van der Waals surface area contributed by atoms with Crippen LogP contribution < -0.4 is 0 Å². The largest absolute Gasteiger partial charge is 0.386 e. The number of aliphatic hydroxyl groups is 2. The molecule has 116 valence electrons. The van der Waals surface area contributed by atoms with Crippen molar-refractivity contribution in [1.82, 2.24) is 0 Å². The average Bonchev–Trinajstić information content (AvgIpc) is 2.48. The maximum absolute atomic E-state index is 11.4. The summed E-state index contributed by atoms with van der Waals surface area (Å²) in [6, 6.07) is -1.21. The van der Waals surface area contributed by atoms with E-state index in [9.17, 15) is 20.3 Å². The maximum Gasteiger partial charge on any atom is 0.264 e. The summed E-state index contributed by atoms with van der Waals surface area (Å²) in [6.45, 7) is 0. The molecule has 2 saturated carbocycles. The van der Waals surface area contributed by atoms with E-state index in [-0.39, 0.29) is 11.8 Å². The Morgan fingerprint density at radius 1 is 0.800 bits per heavy atom. The molecule has 5 heteroatoms. The Morgan fingerprint density at radius 2 is 1.15 bits per heavy atom. The summed E-state index contributed by atoms with van der Waals surface area (Å²) in [7, 11) is 0. The molecule has 0 amide bonds. The fraction of sp³-hybridized carbons (Fsp3) is 1.00. The lowest BCUT2D eigenvalue weighted by Crippen LogP contribution is -2.50. The quantitative estimate of drug-likeness (QED) is 0.600. The van der Waals surface area contributed by atoms with Crippen LogP contribution in [0, 0.1) is 22.0 Å².